The number of aliphatic hydroxyl groups excluding tert-OH is 1. The minimum Gasteiger partial charge on any atom is -0.391 e. The van der Waals surface area contributed by atoms with Gasteiger partial charge in [-0.05, 0) is 31.3 Å². The Balaban J connectivity index is 2.18. The molecule has 2 atom stereocenters. The highest BCUT2D eigenvalue weighted by Gasteiger charge is 2.23. The number of carbonyl (C=O) groups excluding carboxylic acids is 1. The number of hydrogen-bond donors (Lipinski definition) is 2. The first-order valence-electron chi connectivity index (χ1n) is 5.70. The highest BCUT2D eigenvalue weighted by Crippen LogP contribution is 2.18. The van der Waals surface area contributed by atoms with Crippen LogP contribution in [-0.4, -0.2) is 35.2 Å². The fourth-order valence-corrected chi connectivity index (χ4v) is 2.37. The zero-order valence-electron chi connectivity index (χ0n) is 9.37. The molecule has 0 aromatic heterocycles. The maximum Gasteiger partial charge on any atom is 0.220 e. The smallest absolute Gasteiger partial charge is 0.220 e. The van der Waals surface area contributed by atoms with Crippen LogP contribution in [0.1, 0.15) is 38.5 Å². The van der Waals surface area contributed by atoms with Crippen molar-refractivity contribution >= 4 is 17.7 Å². The summed E-state index contributed by atoms with van der Waals surface area (Å²) in [4.78, 5) is 11.5. The Kier molecular flexibility index (Phi) is 6.10. The van der Waals surface area contributed by atoms with E-state index in [1.165, 1.54) is 0 Å². The fourth-order valence-electron chi connectivity index (χ4n) is 1.94. The number of aliphatic hydroxyl groups is 1. The average Bonchev–Trinajstić information content (AvgIpc) is 2.22. The summed E-state index contributed by atoms with van der Waals surface area (Å²) in [5, 5.41) is 12.6. The normalized spacial score (nSPS) is 26.3. The Labute approximate surface area is 96.0 Å². The van der Waals surface area contributed by atoms with Gasteiger partial charge in [0.1, 0.15) is 0 Å². The highest BCUT2D eigenvalue weighted by molar-refractivity contribution is 7.98. The minimum atomic E-state index is -0.330. The molecule has 1 fully saturated rings. The van der Waals surface area contributed by atoms with Gasteiger partial charge in [0.15, 0.2) is 0 Å². The summed E-state index contributed by atoms with van der Waals surface area (Å²) < 4.78 is 0. The minimum absolute atomic E-state index is 0.000490. The van der Waals surface area contributed by atoms with Gasteiger partial charge < -0.3 is 10.4 Å². The molecule has 1 amide bonds. The summed E-state index contributed by atoms with van der Waals surface area (Å²) >= 11 is 1.76. The standard InChI is InChI=1S/C11H21NO2S/c1-15-8-4-7-11(14)12-9-5-2-3-6-10(9)13/h9-10,13H,2-8H2,1H3,(H,12,14). The van der Waals surface area contributed by atoms with Crippen LogP contribution in [0.3, 0.4) is 0 Å². The molecule has 1 aliphatic rings. The first-order chi connectivity index (χ1) is 7.24. The molecule has 1 aliphatic carbocycles. The third kappa shape index (κ3) is 4.89. The number of thioether (sulfide) groups is 1. The van der Waals surface area contributed by atoms with Crippen LogP contribution in [0, 0.1) is 0 Å². The summed E-state index contributed by atoms with van der Waals surface area (Å²) in [5.41, 5.74) is 0. The van der Waals surface area contributed by atoms with Gasteiger partial charge in [-0.1, -0.05) is 12.8 Å². The summed E-state index contributed by atoms with van der Waals surface area (Å²) in [6.07, 6.45) is 7.18. The zero-order valence-corrected chi connectivity index (χ0v) is 10.2. The van der Waals surface area contributed by atoms with Gasteiger partial charge in [0.25, 0.3) is 0 Å². The number of rotatable bonds is 5. The third-order valence-corrected chi connectivity index (χ3v) is 3.53. The average molecular weight is 231 g/mol. The lowest BCUT2D eigenvalue weighted by atomic mass is 9.92. The van der Waals surface area contributed by atoms with Gasteiger partial charge >= 0.3 is 0 Å². The molecule has 1 rings (SSSR count). The van der Waals surface area contributed by atoms with Crippen LogP contribution in [-0.2, 0) is 4.79 Å². The molecule has 4 heteroatoms. The van der Waals surface area contributed by atoms with E-state index in [2.05, 4.69) is 5.32 Å². The van der Waals surface area contributed by atoms with E-state index in [1.54, 1.807) is 11.8 Å². The molecule has 0 saturated heterocycles. The molecule has 2 unspecified atom stereocenters. The van der Waals surface area contributed by atoms with Crippen molar-refractivity contribution in [1.29, 1.82) is 0 Å². The predicted molar refractivity (Wildman–Crippen MR) is 64.0 cm³/mol. The Morgan fingerprint density at radius 2 is 2.20 bits per heavy atom. The Bertz CT molecular complexity index is 199. The second-order valence-corrected chi connectivity index (χ2v) is 5.11. The molecule has 3 nitrogen and oxygen atoms in total. The van der Waals surface area contributed by atoms with E-state index in [4.69, 9.17) is 0 Å². The first kappa shape index (κ1) is 12.8. The molecule has 0 spiro atoms. The first-order valence-corrected chi connectivity index (χ1v) is 7.10. The van der Waals surface area contributed by atoms with Crippen LogP contribution < -0.4 is 5.32 Å². The molecule has 88 valence electrons. The number of hydrogen-bond acceptors (Lipinski definition) is 3. The molecule has 2 N–H and O–H groups in total. The molecular weight excluding hydrogens is 210 g/mol. The van der Waals surface area contributed by atoms with Crippen molar-refractivity contribution in [3.63, 3.8) is 0 Å². The van der Waals surface area contributed by atoms with Gasteiger partial charge in [-0.2, -0.15) is 11.8 Å². The molecule has 0 aromatic rings. The molecule has 0 bridgehead atoms. The van der Waals surface area contributed by atoms with E-state index in [-0.39, 0.29) is 18.1 Å². The summed E-state index contributed by atoms with van der Waals surface area (Å²) in [6, 6.07) is 0.000490. The van der Waals surface area contributed by atoms with Crippen LogP contribution >= 0.6 is 11.8 Å². The molecule has 0 aromatic carbocycles. The van der Waals surface area contributed by atoms with E-state index in [0.29, 0.717) is 6.42 Å². The van der Waals surface area contributed by atoms with E-state index in [9.17, 15) is 9.90 Å². The maximum atomic E-state index is 11.5. The molecule has 1 saturated carbocycles. The highest BCUT2D eigenvalue weighted by atomic mass is 32.2. The predicted octanol–water partition coefficient (Wildman–Crippen LogP) is 1.55. The van der Waals surface area contributed by atoms with Crippen LogP contribution in [0.4, 0.5) is 0 Å². The quantitative estimate of drug-likeness (QED) is 0.706. The molecule has 0 radical (unpaired) electrons. The fraction of sp³-hybridized carbons (Fsp3) is 0.909. The van der Waals surface area contributed by atoms with Crippen molar-refractivity contribution in [2.24, 2.45) is 0 Å². The van der Waals surface area contributed by atoms with Gasteiger partial charge in [0.05, 0.1) is 12.1 Å². The van der Waals surface area contributed by atoms with E-state index in [1.807, 2.05) is 6.26 Å². The van der Waals surface area contributed by atoms with Gasteiger partial charge in [0.2, 0.25) is 5.91 Å². The Hall–Kier alpha value is -0.220. The van der Waals surface area contributed by atoms with Crippen molar-refractivity contribution in [1.82, 2.24) is 5.32 Å². The summed E-state index contributed by atoms with van der Waals surface area (Å²) in [5.74, 6) is 1.12. The Morgan fingerprint density at radius 3 is 2.87 bits per heavy atom. The van der Waals surface area contributed by atoms with Crippen LogP contribution in [0.25, 0.3) is 0 Å². The topological polar surface area (TPSA) is 49.3 Å². The second-order valence-electron chi connectivity index (χ2n) is 4.12. The van der Waals surface area contributed by atoms with Gasteiger partial charge in [-0.3, -0.25) is 4.79 Å². The summed E-state index contributed by atoms with van der Waals surface area (Å²) in [7, 11) is 0. The van der Waals surface area contributed by atoms with Crippen LogP contribution in [0.2, 0.25) is 0 Å². The molecule has 0 heterocycles. The lowest BCUT2D eigenvalue weighted by molar-refractivity contribution is -0.123. The van der Waals surface area contributed by atoms with Gasteiger partial charge in [-0.15, -0.1) is 0 Å². The van der Waals surface area contributed by atoms with Crippen molar-refractivity contribution in [3.05, 3.63) is 0 Å². The molecule has 0 aliphatic heterocycles. The van der Waals surface area contributed by atoms with E-state index in [0.717, 1.165) is 37.9 Å². The zero-order chi connectivity index (χ0) is 11.1. The maximum absolute atomic E-state index is 11.5. The van der Waals surface area contributed by atoms with Gasteiger partial charge in [-0.25, -0.2) is 0 Å². The third-order valence-electron chi connectivity index (χ3n) is 2.83. The number of amides is 1. The SMILES string of the molecule is CSCCCC(=O)NC1CCCCC1O. The van der Waals surface area contributed by atoms with Crippen LogP contribution in [0.5, 0.6) is 0 Å². The monoisotopic (exact) mass is 231 g/mol. The second kappa shape index (κ2) is 7.12. The van der Waals surface area contributed by atoms with Crippen molar-refractivity contribution in [2.45, 2.75) is 50.7 Å². The van der Waals surface area contributed by atoms with Crippen molar-refractivity contribution in [2.75, 3.05) is 12.0 Å². The van der Waals surface area contributed by atoms with E-state index >= 15 is 0 Å². The van der Waals surface area contributed by atoms with Crippen molar-refractivity contribution < 1.29 is 9.90 Å². The Morgan fingerprint density at radius 1 is 1.47 bits per heavy atom. The summed E-state index contributed by atoms with van der Waals surface area (Å²) in [6.45, 7) is 0. The largest absolute Gasteiger partial charge is 0.391 e. The van der Waals surface area contributed by atoms with Crippen molar-refractivity contribution in [3.8, 4) is 0 Å². The van der Waals surface area contributed by atoms with Gasteiger partial charge in [0, 0.05) is 6.42 Å². The number of nitrogens with one attached hydrogen (secondary N) is 1. The van der Waals surface area contributed by atoms with E-state index < -0.39 is 0 Å². The molecule has 15 heavy (non-hydrogen) atoms. The number of carbonyl (C=O) groups is 1. The van der Waals surface area contributed by atoms with Crippen LogP contribution in [0.15, 0.2) is 0 Å². The lowest BCUT2D eigenvalue weighted by Crippen LogP contribution is -2.45. The molecular formula is C11H21NO2S. The lowest BCUT2D eigenvalue weighted by Gasteiger charge is -2.28.